The van der Waals surface area contributed by atoms with E-state index in [4.69, 9.17) is 4.74 Å². The van der Waals surface area contributed by atoms with Crippen molar-refractivity contribution in [3.8, 4) is 5.75 Å². The minimum absolute atomic E-state index is 0.0192. The molecule has 0 aromatic heterocycles. The highest BCUT2D eigenvalue weighted by atomic mass is 16.5. The molecule has 1 unspecified atom stereocenters. The van der Waals surface area contributed by atoms with Gasteiger partial charge in [0.05, 0.1) is 0 Å². The predicted octanol–water partition coefficient (Wildman–Crippen LogP) is 3.50. The molecule has 1 N–H and O–H groups in total. The first-order valence-corrected chi connectivity index (χ1v) is 8.14. The Morgan fingerprint density at radius 2 is 1.68 bits per heavy atom. The lowest BCUT2D eigenvalue weighted by atomic mass is 10.1. The highest BCUT2D eigenvalue weighted by molar-refractivity contribution is 5.94. The van der Waals surface area contributed by atoms with Crippen molar-refractivity contribution < 1.29 is 14.3 Å². The van der Waals surface area contributed by atoms with Gasteiger partial charge in [-0.05, 0) is 51.0 Å². The Labute approximate surface area is 132 Å². The fourth-order valence-corrected chi connectivity index (χ4v) is 2.77. The Morgan fingerprint density at radius 3 is 2.23 bits per heavy atom. The highest BCUT2D eigenvalue weighted by Gasteiger charge is 2.20. The molecule has 0 bridgehead atoms. The Kier molecular flexibility index (Phi) is 5.99. The molecule has 1 aromatic rings. The van der Waals surface area contributed by atoms with Gasteiger partial charge in [-0.3, -0.25) is 9.59 Å². The zero-order valence-electron chi connectivity index (χ0n) is 13.4. The Bertz CT molecular complexity index is 502. The van der Waals surface area contributed by atoms with Crippen molar-refractivity contribution in [1.29, 1.82) is 0 Å². The summed E-state index contributed by atoms with van der Waals surface area (Å²) in [6, 6.07) is 7.17. The molecular formula is C18H25NO3. The van der Waals surface area contributed by atoms with Gasteiger partial charge in [0.2, 0.25) is 0 Å². The highest BCUT2D eigenvalue weighted by Crippen LogP contribution is 2.18. The molecule has 120 valence electrons. The average molecular weight is 303 g/mol. The number of carbonyl (C=O) groups is 2. The standard InChI is InChI=1S/C18H25NO3/c1-13(20)15-9-11-17(12-10-15)22-14(2)18(21)19-16-7-5-3-4-6-8-16/h9-12,14,16H,3-8H2,1-2H3,(H,19,21). The maximum Gasteiger partial charge on any atom is 0.260 e. The normalized spacial score (nSPS) is 17.4. The van der Waals surface area contributed by atoms with E-state index in [2.05, 4.69) is 5.32 Å². The van der Waals surface area contributed by atoms with E-state index < -0.39 is 6.10 Å². The number of ether oxygens (including phenoxy) is 1. The lowest BCUT2D eigenvalue weighted by Crippen LogP contribution is -2.42. The lowest BCUT2D eigenvalue weighted by Gasteiger charge is -2.20. The smallest absolute Gasteiger partial charge is 0.260 e. The van der Waals surface area contributed by atoms with E-state index in [9.17, 15) is 9.59 Å². The third-order valence-electron chi connectivity index (χ3n) is 4.14. The molecule has 1 atom stereocenters. The number of hydrogen-bond acceptors (Lipinski definition) is 3. The van der Waals surface area contributed by atoms with Gasteiger partial charge in [0.1, 0.15) is 5.75 Å². The first-order valence-electron chi connectivity index (χ1n) is 8.14. The number of amides is 1. The van der Waals surface area contributed by atoms with E-state index in [1.807, 2.05) is 0 Å². The zero-order chi connectivity index (χ0) is 15.9. The van der Waals surface area contributed by atoms with Gasteiger partial charge in [-0.2, -0.15) is 0 Å². The monoisotopic (exact) mass is 303 g/mol. The molecule has 4 heteroatoms. The van der Waals surface area contributed by atoms with E-state index in [0.29, 0.717) is 11.3 Å². The molecule has 1 aromatic carbocycles. The number of rotatable bonds is 5. The van der Waals surface area contributed by atoms with Crippen molar-refractivity contribution in [1.82, 2.24) is 5.32 Å². The Hall–Kier alpha value is -1.84. The van der Waals surface area contributed by atoms with Crippen LogP contribution in [0.4, 0.5) is 0 Å². The molecule has 1 aliphatic rings. The molecule has 1 amide bonds. The SMILES string of the molecule is CC(=O)c1ccc(OC(C)C(=O)NC2CCCCCC2)cc1. The number of hydrogen-bond donors (Lipinski definition) is 1. The number of Topliss-reactive ketones (excluding diaryl/α,β-unsaturated/α-hetero) is 1. The van der Waals surface area contributed by atoms with Crippen LogP contribution in [0.5, 0.6) is 5.75 Å². The topological polar surface area (TPSA) is 55.4 Å². The van der Waals surface area contributed by atoms with Gasteiger partial charge < -0.3 is 10.1 Å². The maximum atomic E-state index is 12.2. The summed E-state index contributed by atoms with van der Waals surface area (Å²) in [6.45, 7) is 3.28. The number of carbonyl (C=O) groups excluding carboxylic acids is 2. The van der Waals surface area contributed by atoms with E-state index in [0.717, 1.165) is 12.8 Å². The lowest BCUT2D eigenvalue weighted by molar-refractivity contribution is -0.128. The maximum absolute atomic E-state index is 12.2. The van der Waals surface area contributed by atoms with Crippen LogP contribution in [0.2, 0.25) is 0 Å². The second kappa shape index (κ2) is 7.97. The van der Waals surface area contributed by atoms with Gasteiger partial charge in [0.15, 0.2) is 11.9 Å². The largest absolute Gasteiger partial charge is 0.481 e. The molecule has 0 saturated heterocycles. The van der Waals surface area contributed by atoms with Crippen molar-refractivity contribution in [3.63, 3.8) is 0 Å². The van der Waals surface area contributed by atoms with Crippen molar-refractivity contribution >= 4 is 11.7 Å². The zero-order valence-corrected chi connectivity index (χ0v) is 13.4. The molecule has 0 radical (unpaired) electrons. The molecule has 0 heterocycles. The Morgan fingerprint density at radius 1 is 1.09 bits per heavy atom. The van der Waals surface area contributed by atoms with E-state index in [1.165, 1.54) is 32.6 Å². The van der Waals surface area contributed by atoms with Crippen molar-refractivity contribution in [2.45, 2.75) is 64.5 Å². The molecule has 0 aliphatic heterocycles. The van der Waals surface area contributed by atoms with Crippen LogP contribution in [-0.2, 0) is 4.79 Å². The van der Waals surface area contributed by atoms with Crippen LogP contribution in [0.25, 0.3) is 0 Å². The van der Waals surface area contributed by atoms with Crippen LogP contribution in [0, 0.1) is 0 Å². The van der Waals surface area contributed by atoms with E-state index in [-0.39, 0.29) is 17.7 Å². The van der Waals surface area contributed by atoms with E-state index in [1.54, 1.807) is 31.2 Å². The van der Waals surface area contributed by atoms with Gasteiger partial charge in [-0.1, -0.05) is 25.7 Å². The summed E-state index contributed by atoms with van der Waals surface area (Å²) in [4.78, 5) is 23.4. The minimum Gasteiger partial charge on any atom is -0.481 e. The van der Waals surface area contributed by atoms with Crippen LogP contribution in [-0.4, -0.2) is 23.8 Å². The molecule has 1 aliphatic carbocycles. The second-order valence-corrected chi connectivity index (χ2v) is 6.04. The summed E-state index contributed by atoms with van der Waals surface area (Å²) in [7, 11) is 0. The van der Waals surface area contributed by atoms with Crippen LogP contribution < -0.4 is 10.1 Å². The van der Waals surface area contributed by atoms with Crippen LogP contribution in [0.1, 0.15) is 62.7 Å². The minimum atomic E-state index is -0.536. The molecule has 2 rings (SSSR count). The third-order valence-corrected chi connectivity index (χ3v) is 4.14. The van der Waals surface area contributed by atoms with Gasteiger partial charge in [0.25, 0.3) is 5.91 Å². The molecule has 22 heavy (non-hydrogen) atoms. The van der Waals surface area contributed by atoms with Gasteiger partial charge in [0, 0.05) is 11.6 Å². The number of benzene rings is 1. The fraction of sp³-hybridized carbons (Fsp3) is 0.556. The first kappa shape index (κ1) is 16.5. The fourth-order valence-electron chi connectivity index (χ4n) is 2.77. The Balaban J connectivity index is 1.86. The predicted molar refractivity (Wildman–Crippen MR) is 86.2 cm³/mol. The van der Waals surface area contributed by atoms with Crippen LogP contribution >= 0.6 is 0 Å². The van der Waals surface area contributed by atoms with Crippen LogP contribution in [0.3, 0.4) is 0 Å². The molecule has 1 fully saturated rings. The number of nitrogens with one attached hydrogen (secondary N) is 1. The molecule has 0 spiro atoms. The van der Waals surface area contributed by atoms with E-state index >= 15 is 0 Å². The molecule has 1 saturated carbocycles. The summed E-state index contributed by atoms with van der Waals surface area (Å²) in [5.41, 5.74) is 0.642. The third kappa shape index (κ3) is 4.86. The molecule has 4 nitrogen and oxygen atoms in total. The van der Waals surface area contributed by atoms with Gasteiger partial charge in [-0.25, -0.2) is 0 Å². The van der Waals surface area contributed by atoms with Gasteiger partial charge in [-0.15, -0.1) is 0 Å². The van der Waals surface area contributed by atoms with Gasteiger partial charge >= 0.3 is 0 Å². The summed E-state index contributed by atoms with van der Waals surface area (Å²) >= 11 is 0. The summed E-state index contributed by atoms with van der Waals surface area (Å²) in [5.74, 6) is 0.557. The average Bonchev–Trinajstić information content (AvgIpc) is 2.76. The van der Waals surface area contributed by atoms with Crippen molar-refractivity contribution in [3.05, 3.63) is 29.8 Å². The van der Waals surface area contributed by atoms with Crippen molar-refractivity contribution in [2.24, 2.45) is 0 Å². The first-order chi connectivity index (χ1) is 10.6. The summed E-state index contributed by atoms with van der Waals surface area (Å²) in [6.07, 6.45) is 6.49. The molecular weight excluding hydrogens is 278 g/mol. The quantitative estimate of drug-likeness (QED) is 0.669. The second-order valence-electron chi connectivity index (χ2n) is 6.04. The number of ketones is 1. The summed E-state index contributed by atoms with van der Waals surface area (Å²) in [5, 5.41) is 3.09. The summed E-state index contributed by atoms with van der Waals surface area (Å²) < 4.78 is 5.66. The van der Waals surface area contributed by atoms with Crippen molar-refractivity contribution in [2.75, 3.05) is 0 Å². The van der Waals surface area contributed by atoms with Crippen LogP contribution in [0.15, 0.2) is 24.3 Å².